The minimum atomic E-state index is -0.626. The van der Waals surface area contributed by atoms with E-state index in [1.165, 1.54) is 44.3 Å². The second-order valence-corrected chi connectivity index (χ2v) is 7.11. The normalized spacial score (nSPS) is 15.5. The summed E-state index contributed by atoms with van der Waals surface area (Å²) in [6.07, 6.45) is 5.35. The van der Waals surface area contributed by atoms with Crippen molar-refractivity contribution in [2.24, 2.45) is 5.73 Å². The summed E-state index contributed by atoms with van der Waals surface area (Å²) in [5.41, 5.74) is 9.29. The van der Waals surface area contributed by atoms with Gasteiger partial charge in [-0.05, 0) is 42.6 Å². The zero-order valence-electron chi connectivity index (χ0n) is 16.2. The van der Waals surface area contributed by atoms with Gasteiger partial charge >= 0.3 is 0 Å². The lowest BCUT2D eigenvalue weighted by Gasteiger charge is -2.20. The Balaban J connectivity index is 0.00000196. The highest BCUT2D eigenvalue weighted by molar-refractivity contribution is 5.85. The van der Waals surface area contributed by atoms with E-state index in [-0.39, 0.29) is 30.7 Å². The maximum atomic E-state index is 12.2. The zero-order valence-corrected chi connectivity index (χ0v) is 17.8. The van der Waals surface area contributed by atoms with E-state index in [1.54, 1.807) is 0 Å². The number of likely N-dealkylation sites (tertiary alicyclic amines) is 1. The summed E-state index contributed by atoms with van der Waals surface area (Å²) in [5.74, 6) is -0.148. The summed E-state index contributed by atoms with van der Waals surface area (Å²) in [5, 5.41) is 2.93. The Morgan fingerprint density at radius 3 is 2.07 bits per heavy atom. The van der Waals surface area contributed by atoms with Crippen molar-refractivity contribution < 1.29 is 4.79 Å². The first-order valence-corrected chi connectivity index (χ1v) is 9.61. The van der Waals surface area contributed by atoms with Gasteiger partial charge in [0.05, 0.1) is 0 Å². The molecule has 1 atom stereocenters. The van der Waals surface area contributed by atoms with Gasteiger partial charge in [0.2, 0.25) is 5.91 Å². The van der Waals surface area contributed by atoms with Crippen LogP contribution >= 0.6 is 24.8 Å². The molecule has 0 saturated carbocycles. The molecule has 6 heteroatoms. The van der Waals surface area contributed by atoms with Crippen LogP contribution in [0.3, 0.4) is 0 Å². The fraction of sp³-hybridized carbons (Fsp3) is 0.409. The Kier molecular flexibility index (Phi) is 11.2. The van der Waals surface area contributed by atoms with Crippen LogP contribution in [-0.2, 0) is 17.9 Å². The van der Waals surface area contributed by atoms with Crippen LogP contribution in [0.4, 0.5) is 0 Å². The SMILES string of the molecule is Cl.Cl.NC(C(=O)NCc1ccc(CN2CCCCCC2)cc1)c1ccccc1. The maximum absolute atomic E-state index is 12.2. The molecule has 0 spiro atoms. The van der Waals surface area contributed by atoms with Crippen LogP contribution in [0.2, 0.25) is 0 Å². The fourth-order valence-corrected chi connectivity index (χ4v) is 3.43. The second kappa shape index (κ2) is 12.8. The van der Waals surface area contributed by atoms with Gasteiger partial charge in [-0.15, -0.1) is 24.8 Å². The third-order valence-electron chi connectivity index (χ3n) is 5.04. The number of nitrogens with one attached hydrogen (secondary N) is 1. The Labute approximate surface area is 180 Å². The maximum Gasteiger partial charge on any atom is 0.241 e. The van der Waals surface area contributed by atoms with E-state index < -0.39 is 6.04 Å². The van der Waals surface area contributed by atoms with Crippen molar-refractivity contribution in [3.63, 3.8) is 0 Å². The van der Waals surface area contributed by atoms with Crippen LogP contribution in [0.5, 0.6) is 0 Å². The summed E-state index contributed by atoms with van der Waals surface area (Å²) in [7, 11) is 0. The number of rotatable bonds is 6. The first-order valence-electron chi connectivity index (χ1n) is 9.61. The standard InChI is InChI=1S/C22H29N3O.2ClH/c23-21(20-8-4-3-5-9-20)22(26)24-16-18-10-12-19(13-11-18)17-25-14-6-1-2-7-15-25;;/h3-5,8-13,21H,1-2,6-7,14-17,23H2,(H,24,26);2*1H. The van der Waals surface area contributed by atoms with E-state index in [0.29, 0.717) is 6.54 Å². The number of hydrogen-bond acceptors (Lipinski definition) is 3. The summed E-state index contributed by atoms with van der Waals surface area (Å²) < 4.78 is 0. The largest absolute Gasteiger partial charge is 0.350 e. The number of carbonyl (C=O) groups excluding carboxylic acids is 1. The summed E-state index contributed by atoms with van der Waals surface area (Å²) in [4.78, 5) is 14.8. The van der Waals surface area contributed by atoms with E-state index in [4.69, 9.17) is 5.73 Å². The van der Waals surface area contributed by atoms with Crippen LogP contribution in [0.1, 0.15) is 48.4 Å². The zero-order chi connectivity index (χ0) is 18.2. The number of hydrogen-bond donors (Lipinski definition) is 2. The average Bonchev–Trinajstić information content (AvgIpc) is 2.96. The molecule has 2 aromatic rings. The van der Waals surface area contributed by atoms with Crippen LogP contribution < -0.4 is 11.1 Å². The number of carbonyl (C=O) groups is 1. The molecule has 1 saturated heterocycles. The summed E-state index contributed by atoms with van der Waals surface area (Å²) in [6, 6.07) is 17.4. The molecule has 0 bridgehead atoms. The van der Waals surface area contributed by atoms with E-state index in [0.717, 1.165) is 17.7 Å². The van der Waals surface area contributed by atoms with Crippen molar-refractivity contribution in [1.82, 2.24) is 10.2 Å². The van der Waals surface area contributed by atoms with Crippen molar-refractivity contribution >= 4 is 30.7 Å². The van der Waals surface area contributed by atoms with E-state index >= 15 is 0 Å². The quantitative estimate of drug-likeness (QED) is 0.730. The van der Waals surface area contributed by atoms with Crippen LogP contribution in [0.25, 0.3) is 0 Å². The third kappa shape index (κ3) is 7.44. The highest BCUT2D eigenvalue weighted by atomic mass is 35.5. The first-order chi connectivity index (χ1) is 12.7. The lowest BCUT2D eigenvalue weighted by molar-refractivity contribution is -0.122. The van der Waals surface area contributed by atoms with Gasteiger partial charge in [-0.1, -0.05) is 67.4 Å². The second-order valence-electron chi connectivity index (χ2n) is 7.11. The van der Waals surface area contributed by atoms with Gasteiger partial charge in [-0.2, -0.15) is 0 Å². The third-order valence-corrected chi connectivity index (χ3v) is 5.04. The Hall–Kier alpha value is -1.59. The molecule has 28 heavy (non-hydrogen) atoms. The Bertz CT molecular complexity index is 687. The predicted octanol–water partition coefficient (Wildman–Crippen LogP) is 4.22. The summed E-state index contributed by atoms with van der Waals surface area (Å²) >= 11 is 0. The molecule has 3 rings (SSSR count). The molecule has 1 fully saturated rings. The molecule has 1 aliphatic heterocycles. The molecule has 3 N–H and O–H groups in total. The van der Waals surface area contributed by atoms with Gasteiger partial charge in [-0.3, -0.25) is 9.69 Å². The number of halogens is 2. The van der Waals surface area contributed by atoms with Gasteiger partial charge in [0.1, 0.15) is 6.04 Å². The van der Waals surface area contributed by atoms with Gasteiger partial charge < -0.3 is 11.1 Å². The number of nitrogens with two attached hydrogens (primary N) is 1. The molecule has 1 unspecified atom stereocenters. The monoisotopic (exact) mass is 423 g/mol. The van der Waals surface area contributed by atoms with Gasteiger partial charge in [0.15, 0.2) is 0 Å². The van der Waals surface area contributed by atoms with E-state index in [9.17, 15) is 4.79 Å². The van der Waals surface area contributed by atoms with E-state index in [1.807, 2.05) is 30.3 Å². The van der Waals surface area contributed by atoms with Gasteiger partial charge in [0.25, 0.3) is 0 Å². The predicted molar refractivity (Wildman–Crippen MR) is 120 cm³/mol. The minimum absolute atomic E-state index is 0. The lowest BCUT2D eigenvalue weighted by Crippen LogP contribution is -2.33. The van der Waals surface area contributed by atoms with Gasteiger partial charge in [0, 0.05) is 13.1 Å². The molecule has 0 aliphatic carbocycles. The molecule has 0 aromatic heterocycles. The van der Waals surface area contributed by atoms with Gasteiger partial charge in [-0.25, -0.2) is 0 Å². The fourth-order valence-electron chi connectivity index (χ4n) is 3.43. The number of nitrogens with zero attached hydrogens (tertiary/aromatic N) is 1. The molecule has 2 aromatic carbocycles. The first kappa shape index (κ1) is 24.4. The molecule has 154 valence electrons. The minimum Gasteiger partial charge on any atom is -0.350 e. The molecule has 4 nitrogen and oxygen atoms in total. The van der Waals surface area contributed by atoms with Crippen molar-refractivity contribution in [3.8, 4) is 0 Å². The van der Waals surface area contributed by atoms with Crippen LogP contribution in [0, 0.1) is 0 Å². The highest BCUT2D eigenvalue weighted by Crippen LogP contribution is 2.14. The molecule has 1 heterocycles. The van der Waals surface area contributed by atoms with Crippen molar-refractivity contribution in [3.05, 3.63) is 71.3 Å². The molecule has 1 amide bonds. The molecular weight excluding hydrogens is 393 g/mol. The average molecular weight is 424 g/mol. The number of amides is 1. The summed E-state index contributed by atoms with van der Waals surface area (Å²) in [6.45, 7) is 3.93. The topological polar surface area (TPSA) is 58.4 Å². The Morgan fingerprint density at radius 2 is 1.46 bits per heavy atom. The highest BCUT2D eigenvalue weighted by Gasteiger charge is 2.15. The lowest BCUT2D eigenvalue weighted by atomic mass is 10.1. The van der Waals surface area contributed by atoms with Crippen molar-refractivity contribution in [1.29, 1.82) is 0 Å². The van der Waals surface area contributed by atoms with Crippen LogP contribution in [-0.4, -0.2) is 23.9 Å². The molecular formula is C22H31Cl2N3O. The van der Waals surface area contributed by atoms with E-state index in [2.05, 4.69) is 34.5 Å². The smallest absolute Gasteiger partial charge is 0.241 e. The molecule has 0 radical (unpaired) electrons. The Morgan fingerprint density at radius 1 is 0.893 bits per heavy atom. The van der Waals surface area contributed by atoms with Crippen molar-refractivity contribution in [2.75, 3.05) is 13.1 Å². The molecule has 1 aliphatic rings. The van der Waals surface area contributed by atoms with Crippen molar-refractivity contribution in [2.45, 2.75) is 44.8 Å². The van der Waals surface area contributed by atoms with Crippen LogP contribution in [0.15, 0.2) is 54.6 Å². The number of benzene rings is 2.